The molecule has 0 aromatic carbocycles. The number of nitrogens with one attached hydrogen (secondary N) is 1. The standard InChI is InChI=1S/C23H36N4O3/c1-26(18-9-3-2-4-10-18)23(29)20-15-24-25-22(20)17-8-7-12-27(16-17)21(28)14-19-11-5-6-13-30-19/h15,17-19H,2-14,16H2,1H3,(H,24,25)/t17-,19+/m0/s1. The average Bonchev–Trinajstić information content (AvgIpc) is 3.29. The van der Waals surface area contributed by atoms with E-state index in [0.717, 1.165) is 63.8 Å². The van der Waals surface area contributed by atoms with Crippen LogP contribution in [-0.2, 0) is 9.53 Å². The molecule has 1 aromatic heterocycles. The van der Waals surface area contributed by atoms with Crippen LogP contribution in [0.5, 0.6) is 0 Å². The molecular formula is C23H36N4O3. The summed E-state index contributed by atoms with van der Waals surface area (Å²) in [5.41, 5.74) is 1.58. The molecule has 2 atom stereocenters. The molecule has 2 aliphatic heterocycles. The number of hydrogen-bond acceptors (Lipinski definition) is 4. The monoisotopic (exact) mass is 416 g/mol. The highest BCUT2D eigenvalue weighted by molar-refractivity contribution is 5.95. The summed E-state index contributed by atoms with van der Waals surface area (Å²) in [6.07, 6.45) is 13.2. The van der Waals surface area contributed by atoms with Gasteiger partial charge < -0.3 is 14.5 Å². The third-order valence-electron chi connectivity index (χ3n) is 7.20. The lowest BCUT2D eigenvalue weighted by molar-refractivity contribution is -0.136. The molecule has 0 bridgehead atoms. The summed E-state index contributed by atoms with van der Waals surface area (Å²) in [6, 6.07) is 0.328. The van der Waals surface area contributed by atoms with Crippen molar-refractivity contribution in [2.24, 2.45) is 0 Å². The van der Waals surface area contributed by atoms with Gasteiger partial charge in [-0.3, -0.25) is 14.7 Å². The molecule has 1 saturated carbocycles. The van der Waals surface area contributed by atoms with E-state index >= 15 is 0 Å². The summed E-state index contributed by atoms with van der Waals surface area (Å²) in [5, 5.41) is 7.31. The summed E-state index contributed by atoms with van der Waals surface area (Å²) in [4.78, 5) is 30.0. The number of aromatic amines is 1. The zero-order chi connectivity index (χ0) is 20.9. The van der Waals surface area contributed by atoms with Gasteiger partial charge in [0.25, 0.3) is 5.91 Å². The molecule has 4 rings (SSSR count). The molecular weight excluding hydrogens is 380 g/mol. The highest BCUT2D eigenvalue weighted by atomic mass is 16.5. The van der Waals surface area contributed by atoms with Crippen molar-refractivity contribution in [3.05, 3.63) is 17.5 Å². The number of carbonyl (C=O) groups excluding carboxylic acids is 2. The highest BCUT2D eigenvalue weighted by Gasteiger charge is 2.32. The average molecular weight is 417 g/mol. The Balaban J connectivity index is 1.39. The van der Waals surface area contributed by atoms with Gasteiger partial charge in [-0.1, -0.05) is 19.3 Å². The first-order valence-electron chi connectivity index (χ1n) is 11.8. The van der Waals surface area contributed by atoms with Gasteiger partial charge in [0.15, 0.2) is 0 Å². The topological polar surface area (TPSA) is 78.5 Å². The van der Waals surface area contributed by atoms with Gasteiger partial charge in [-0.25, -0.2) is 0 Å². The largest absolute Gasteiger partial charge is 0.378 e. The minimum absolute atomic E-state index is 0.0599. The van der Waals surface area contributed by atoms with Gasteiger partial charge in [-0.2, -0.15) is 5.10 Å². The second-order valence-corrected chi connectivity index (χ2v) is 9.28. The van der Waals surface area contributed by atoms with Gasteiger partial charge in [0.1, 0.15) is 0 Å². The van der Waals surface area contributed by atoms with E-state index in [-0.39, 0.29) is 23.8 Å². The molecule has 7 heteroatoms. The maximum absolute atomic E-state index is 13.2. The van der Waals surface area contributed by atoms with E-state index in [2.05, 4.69) is 10.2 Å². The van der Waals surface area contributed by atoms with Crippen LogP contribution in [0.3, 0.4) is 0 Å². The molecule has 30 heavy (non-hydrogen) atoms. The second-order valence-electron chi connectivity index (χ2n) is 9.28. The van der Waals surface area contributed by atoms with Gasteiger partial charge >= 0.3 is 0 Å². The minimum Gasteiger partial charge on any atom is -0.378 e. The molecule has 1 aliphatic carbocycles. The molecule has 3 heterocycles. The first-order valence-corrected chi connectivity index (χ1v) is 11.8. The summed E-state index contributed by atoms with van der Waals surface area (Å²) < 4.78 is 5.76. The lowest BCUT2D eigenvalue weighted by Gasteiger charge is -2.35. The predicted octanol–water partition coefficient (Wildman–Crippen LogP) is 3.48. The summed E-state index contributed by atoms with van der Waals surface area (Å²) >= 11 is 0. The van der Waals surface area contributed by atoms with Crippen molar-refractivity contribution in [2.75, 3.05) is 26.7 Å². The lowest BCUT2D eigenvalue weighted by atomic mass is 9.91. The van der Waals surface area contributed by atoms with Crippen molar-refractivity contribution in [3.63, 3.8) is 0 Å². The van der Waals surface area contributed by atoms with Crippen molar-refractivity contribution >= 4 is 11.8 Å². The molecule has 0 radical (unpaired) electrons. The highest BCUT2D eigenvalue weighted by Crippen LogP contribution is 2.30. The Kier molecular flexibility index (Phi) is 7.08. The number of rotatable bonds is 5. The van der Waals surface area contributed by atoms with Crippen LogP contribution in [0.1, 0.15) is 92.6 Å². The van der Waals surface area contributed by atoms with E-state index in [4.69, 9.17) is 4.74 Å². The molecule has 2 amide bonds. The molecule has 2 saturated heterocycles. The van der Waals surface area contributed by atoms with Crippen LogP contribution in [0.15, 0.2) is 6.20 Å². The van der Waals surface area contributed by atoms with Crippen LogP contribution < -0.4 is 0 Å². The minimum atomic E-state index is 0.0599. The summed E-state index contributed by atoms with van der Waals surface area (Å²) in [6.45, 7) is 2.22. The van der Waals surface area contributed by atoms with E-state index in [9.17, 15) is 9.59 Å². The van der Waals surface area contributed by atoms with Crippen molar-refractivity contribution < 1.29 is 14.3 Å². The van der Waals surface area contributed by atoms with Crippen LogP contribution in [0.4, 0.5) is 0 Å². The Bertz CT molecular complexity index is 722. The lowest BCUT2D eigenvalue weighted by Crippen LogP contribution is -2.42. The second kappa shape index (κ2) is 9.94. The fraction of sp³-hybridized carbons (Fsp3) is 0.783. The zero-order valence-corrected chi connectivity index (χ0v) is 18.3. The number of H-pyrrole nitrogens is 1. The van der Waals surface area contributed by atoms with E-state index in [1.807, 2.05) is 16.8 Å². The van der Waals surface area contributed by atoms with E-state index in [1.165, 1.54) is 19.3 Å². The van der Waals surface area contributed by atoms with Crippen molar-refractivity contribution in [3.8, 4) is 0 Å². The third-order valence-corrected chi connectivity index (χ3v) is 7.20. The van der Waals surface area contributed by atoms with Gasteiger partial charge in [-0.05, 0) is 44.9 Å². The van der Waals surface area contributed by atoms with Crippen molar-refractivity contribution in [1.29, 1.82) is 0 Å². The van der Waals surface area contributed by atoms with Gasteiger partial charge in [0, 0.05) is 38.7 Å². The first-order chi connectivity index (χ1) is 14.6. The van der Waals surface area contributed by atoms with E-state index in [0.29, 0.717) is 24.6 Å². The van der Waals surface area contributed by atoms with Gasteiger partial charge in [-0.15, -0.1) is 0 Å². The molecule has 0 unspecified atom stereocenters. The number of likely N-dealkylation sites (tertiary alicyclic amines) is 1. The maximum atomic E-state index is 13.2. The Morgan fingerprint density at radius 3 is 2.70 bits per heavy atom. The fourth-order valence-corrected chi connectivity index (χ4v) is 5.33. The SMILES string of the molecule is CN(C(=O)c1cn[nH]c1[C@H]1CCCN(C(=O)C[C@H]2CCCCO2)C1)C1CCCCC1. The van der Waals surface area contributed by atoms with Crippen LogP contribution in [0.2, 0.25) is 0 Å². The van der Waals surface area contributed by atoms with Crippen LogP contribution >= 0.6 is 0 Å². The van der Waals surface area contributed by atoms with Gasteiger partial charge in [0.2, 0.25) is 5.91 Å². The normalized spacial score (nSPS) is 25.8. The smallest absolute Gasteiger partial charge is 0.257 e. The Labute approximate surface area is 179 Å². The van der Waals surface area contributed by atoms with Crippen LogP contribution in [-0.4, -0.2) is 70.7 Å². The summed E-state index contributed by atoms with van der Waals surface area (Å²) in [5.74, 6) is 0.374. The summed E-state index contributed by atoms with van der Waals surface area (Å²) in [7, 11) is 1.93. The van der Waals surface area contributed by atoms with Crippen LogP contribution in [0, 0.1) is 0 Å². The number of amides is 2. The number of hydrogen-bond donors (Lipinski definition) is 1. The quantitative estimate of drug-likeness (QED) is 0.797. The number of carbonyl (C=O) groups is 2. The van der Waals surface area contributed by atoms with Gasteiger partial charge in [0.05, 0.1) is 30.0 Å². The maximum Gasteiger partial charge on any atom is 0.257 e. The molecule has 3 aliphatic rings. The zero-order valence-electron chi connectivity index (χ0n) is 18.3. The fourth-order valence-electron chi connectivity index (χ4n) is 5.33. The van der Waals surface area contributed by atoms with Crippen molar-refractivity contribution in [1.82, 2.24) is 20.0 Å². The van der Waals surface area contributed by atoms with E-state index in [1.54, 1.807) is 6.20 Å². The Hall–Kier alpha value is -1.89. The molecule has 0 spiro atoms. The van der Waals surface area contributed by atoms with E-state index < -0.39 is 0 Å². The Morgan fingerprint density at radius 2 is 1.93 bits per heavy atom. The Morgan fingerprint density at radius 1 is 1.13 bits per heavy atom. The number of nitrogens with zero attached hydrogens (tertiary/aromatic N) is 3. The number of piperidine rings is 1. The number of aromatic nitrogens is 2. The predicted molar refractivity (Wildman–Crippen MR) is 114 cm³/mol. The van der Waals surface area contributed by atoms with Crippen LogP contribution in [0.25, 0.3) is 0 Å². The molecule has 166 valence electrons. The number of ether oxygens (including phenoxy) is 1. The first kappa shape index (κ1) is 21.3. The third kappa shape index (κ3) is 4.88. The molecule has 3 fully saturated rings. The van der Waals surface area contributed by atoms with Crippen molar-refractivity contribution in [2.45, 2.75) is 88.7 Å². The molecule has 1 N–H and O–H groups in total. The molecule has 1 aromatic rings. The molecule has 7 nitrogen and oxygen atoms in total.